The molecule has 3 aromatic carbocycles. The van der Waals surface area contributed by atoms with Crippen molar-refractivity contribution in [2.45, 2.75) is 25.9 Å². The van der Waals surface area contributed by atoms with Crippen molar-refractivity contribution < 1.29 is 19.1 Å². The summed E-state index contributed by atoms with van der Waals surface area (Å²) in [5.74, 6) is 0.904. The number of anilines is 1. The number of carbonyl (C=O) groups is 2. The standard InChI is InChI=1S/C26H26N2O4/c1-17-8-4-7-11-21(17)27-25(29)15-22(18-12-13-23(31-2)24(14-18)32-3)28-16-19-9-5-6-10-20(19)26(28)30/h4-14,22H,15-16H2,1-3H3,(H,27,29)/t22-/m0/s1. The summed E-state index contributed by atoms with van der Waals surface area (Å²) in [6.07, 6.45) is 0.115. The van der Waals surface area contributed by atoms with Crippen molar-refractivity contribution in [1.29, 1.82) is 0 Å². The van der Waals surface area contributed by atoms with Gasteiger partial charge in [-0.1, -0.05) is 42.5 Å². The van der Waals surface area contributed by atoms with Crippen LogP contribution in [0.15, 0.2) is 66.7 Å². The molecule has 3 aromatic rings. The second kappa shape index (κ2) is 9.14. The molecular formula is C26H26N2O4. The van der Waals surface area contributed by atoms with E-state index >= 15 is 0 Å². The average molecular weight is 431 g/mol. The van der Waals surface area contributed by atoms with Crippen LogP contribution in [0.3, 0.4) is 0 Å². The highest BCUT2D eigenvalue weighted by molar-refractivity contribution is 5.99. The largest absolute Gasteiger partial charge is 0.493 e. The Morgan fingerprint density at radius 2 is 1.72 bits per heavy atom. The van der Waals surface area contributed by atoms with Gasteiger partial charge in [0.25, 0.3) is 5.91 Å². The van der Waals surface area contributed by atoms with Crippen molar-refractivity contribution in [2.75, 3.05) is 19.5 Å². The lowest BCUT2D eigenvalue weighted by atomic mass is 10.0. The molecule has 32 heavy (non-hydrogen) atoms. The molecule has 0 radical (unpaired) electrons. The normalized spacial score (nSPS) is 13.5. The van der Waals surface area contributed by atoms with Gasteiger partial charge in [0.15, 0.2) is 11.5 Å². The number of carbonyl (C=O) groups excluding carboxylic acids is 2. The molecular weight excluding hydrogens is 404 g/mol. The van der Waals surface area contributed by atoms with Gasteiger partial charge in [-0.3, -0.25) is 9.59 Å². The van der Waals surface area contributed by atoms with Crippen LogP contribution in [0, 0.1) is 6.92 Å². The summed E-state index contributed by atoms with van der Waals surface area (Å²) in [5, 5.41) is 2.99. The summed E-state index contributed by atoms with van der Waals surface area (Å²) in [5.41, 5.74) is 4.19. The first kappa shape index (κ1) is 21.4. The highest BCUT2D eigenvalue weighted by Crippen LogP contribution is 2.37. The van der Waals surface area contributed by atoms with Crippen LogP contribution in [0.5, 0.6) is 11.5 Å². The van der Waals surface area contributed by atoms with E-state index < -0.39 is 6.04 Å². The number of rotatable bonds is 7. The van der Waals surface area contributed by atoms with Gasteiger partial charge in [-0.05, 0) is 47.9 Å². The second-order valence-corrected chi connectivity index (χ2v) is 7.79. The maximum absolute atomic E-state index is 13.2. The number of ether oxygens (including phenoxy) is 2. The van der Waals surface area contributed by atoms with Crippen LogP contribution in [0.25, 0.3) is 0 Å². The first-order valence-electron chi connectivity index (χ1n) is 10.5. The number of nitrogens with one attached hydrogen (secondary N) is 1. The Balaban J connectivity index is 1.67. The predicted molar refractivity (Wildman–Crippen MR) is 123 cm³/mol. The summed E-state index contributed by atoms with van der Waals surface area (Å²) in [7, 11) is 3.14. The minimum Gasteiger partial charge on any atom is -0.493 e. The van der Waals surface area contributed by atoms with Crippen LogP contribution in [0.2, 0.25) is 0 Å². The number of aryl methyl sites for hydroxylation is 1. The van der Waals surface area contributed by atoms with Crippen LogP contribution >= 0.6 is 0 Å². The average Bonchev–Trinajstić information content (AvgIpc) is 3.15. The fraction of sp³-hybridized carbons (Fsp3) is 0.231. The molecule has 164 valence electrons. The fourth-order valence-corrected chi connectivity index (χ4v) is 4.09. The molecule has 0 spiro atoms. The third kappa shape index (κ3) is 4.17. The summed E-state index contributed by atoms with van der Waals surface area (Å²) >= 11 is 0. The lowest BCUT2D eigenvalue weighted by Crippen LogP contribution is -2.32. The second-order valence-electron chi connectivity index (χ2n) is 7.79. The van der Waals surface area contributed by atoms with Gasteiger partial charge in [-0.15, -0.1) is 0 Å². The smallest absolute Gasteiger partial charge is 0.255 e. The Kier molecular flexibility index (Phi) is 6.12. The topological polar surface area (TPSA) is 67.9 Å². The Bertz CT molecular complexity index is 1160. The maximum Gasteiger partial charge on any atom is 0.255 e. The third-order valence-corrected chi connectivity index (χ3v) is 5.82. The van der Waals surface area contributed by atoms with Gasteiger partial charge in [-0.25, -0.2) is 0 Å². The molecule has 0 unspecified atom stereocenters. The van der Waals surface area contributed by atoms with Gasteiger partial charge < -0.3 is 19.7 Å². The third-order valence-electron chi connectivity index (χ3n) is 5.82. The van der Waals surface area contributed by atoms with E-state index in [2.05, 4.69) is 5.32 Å². The van der Waals surface area contributed by atoms with Crippen molar-refractivity contribution in [3.8, 4) is 11.5 Å². The minimum absolute atomic E-state index is 0.0796. The number of nitrogens with zero attached hydrogens (tertiary/aromatic N) is 1. The van der Waals surface area contributed by atoms with Gasteiger partial charge >= 0.3 is 0 Å². The predicted octanol–water partition coefficient (Wildman–Crippen LogP) is 4.74. The Morgan fingerprint density at radius 1 is 1.00 bits per heavy atom. The zero-order valence-electron chi connectivity index (χ0n) is 18.4. The van der Waals surface area contributed by atoms with E-state index in [0.29, 0.717) is 23.6 Å². The van der Waals surface area contributed by atoms with Gasteiger partial charge in [0, 0.05) is 17.8 Å². The van der Waals surface area contributed by atoms with E-state index in [0.717, 1.165) is 22.4 Å². The molecule has 0 aliphatic carbocycles. The molecule has 2 amide bonds. The molecule has 1 N–H and O–H groups in total. The molecule has 1 aliphatic heterocycles. The van der Waals surface area contributed by atoms with Crippen molar-refractivity contribution in [3.63, 3.8) is 0 Å². The number of para-hydroxylation sites is 1. The molecule has 0 bridgehead atoms. The van der Waals surface area contributed by atoms with E-state index in [9.17, 15) is 9.59 Å². The van der Waals surface area contributed by atoms with E-state index in [4.69, 9.17) is 9.47 Å². The lowest BCUT2D eigenvalue weighted by molar-refractivity contribution is -0.117. The van der Waals surface area contributed by atoms with Crippen molar-refractivity contribution in [3.05, 3.63) is 89.0 Å². The molecule has 0 fully saturated rings. The number of methoxy groups -OCH3 is 2. The summed E-state index contributed by atoms with van der Waals surface area (Å²) in [6, 6.07) is 20.2. The number of hydrogen-bond acceptors (Lipinski definition) is 4. The van der Waals surface area contributed by atoms with Crippen LogP contribution in [0.4, 0.5) is 5.69 Å². The zero-order valence-corrected chi connectivity index (χ0v) is 18.4. The van der Waals surface area contributed by atoms with Crippen LogP contribution in [-0.2, 0) is 11.3 Å². The lowest BCUT2D eigenvalue weighted by Gasteiger charge is -2.28. The molecule has 4 rings (SSSR count). The zero-order chi connectivity index (χ0) is 22.7. The minimum atomic E-state index is -0.460. The van der Waals surface area contributed by atoms with E-state index in [-0.39, 0.29) is 18.2 Å². The highest BCUT2D eigenvalue weighted by atomic mass is 16.5. The Morgan fingerprint density at radius 3 is 2.44 bits per heavy atom. The van der Waals surface area contributed by atoms with Gasteiger partial charge in [0.2, 0.25) is 5.91 Å². The molecule has 6 heteroatoms. The van der Waals surface area contributed by atoms with Crippen molar-refractivity contribution in [2.24, 2.45) is 0 Å². The van der Waals surface area contributed by atoms with Crippen LogP contribution in [0.1, 0.15) is 39.5 Å². The first-order valence-corrected chi connectivity index (χ1v) is 10.5. The van der Waals surface area contributed by atoms with Gasteiger partial charge in [0.05, 0.1) is 26.7 Å². The Labute approximate surface area is 187 Å². The first-order chi connectivity index (χ1) is 15.5. The van der Waals surface area contributed by atoms with E-state index in [1.807, 2.05) is 67.6 Å². The maximum atomic E-state index is 13.2. The number of amides is 2. The van der Waals surface area contributed by atoms with Crippen LogP contribution < -0.4 is 14.8 Å². The van der Waals surface area contributed by atoms with E-state index in [1.54, 1.807) is 25.2 Å². The number of fused-ring (bicyclic) bond motifs is 1. The van der Waals surface area contributed by atoms with Crippen LogP contribution in [-0.4, -0.2) is 30.9 Å². The molecule has 0 saturated heterocycles. The molecule has 1 heterocycles. The molecule has 0 saturated carbocycles. The molecule has 1 atom stereocenters. The number of benzene rings is 3. The monoisotopic (exact) mass is 430 g/mol. The summed E-state index contributed by atoms with van der Waals surface area (Å²) in [6.45, 7) is 2.40. The van der Waals surface area contributed by atoms with Gasteiger partial charge in [-0.2, -0.15) is 0 Å². The summed E-state index contributed by atoms with van der Waals surface area (Å²) < 4.78 is 10.8. The highest BCUT2D eigenvalue weighted by Gasteiger charge is 2.34. The fourth-order valence-electron chi connectivity index (χ4n) is 4.09. The quantitative estimate of drug-likeness (QED) is 0.588. The van der Waals surface area contributed by atoms with Gasteiger partial charge in [0.1, 0.15) is 0 Å². The van der Waals surface area contributed by atoms with Crippen molar-refractivity contribution >= 4 is 17.5 Å². The number of hydrogen-bond donors (Lipinski definition) is 1. The molecule has 1 aliphatic rings. The Hall–Kier alpha value is -3.80. The molecule has 0 aromatic heterocycles. The summed E-state index contributed by atoms with van der Waals surface area (Å²) in [4.78, 5) is 28.0. The molecule has 6 nitrogen and oxygen atoms in total. The van der Waals surface area contributed by atoms with E-state index in [1.165, 1.54) is 0 Å². The SMILES string of the molecule is COc1ccc([C@H](CC(=O)Nc2ccccc2C)N2Cc3ccccc3C2=O)cc1OC. The van der Waals surface area contributed by atoms with Crippen molar-refractivity contribution in [1.82, 2.24) is 4.90 Å².